The lowest BCUT2D eigenvalue weighted by Crippen LogP contribution is -2.38. The number of ether oxygens (including phenoxy) is 1. The Hall–Kier alpha value is -2.56. The van der Waals surface area contributed by atoms with E-state index in [2.05, 4.69) is 27.5 Å². The molecule has 128 valence electrons. The van der Waals surface area contributed by atoms with Crippen LogP contribution in [0.3, 0.4) is 0 Å². The van der Waals surface area contributed by atoms with Crippen molar-refractivity contribution >= 4 is 5.96 Å². The number of guanidine groups is 1. The number of aliphatic imine (C=N–C) groups is 1. The standard InChI is InChI=1S/C19H26N4O/c1-2-20-19(23-15-12-17-9-6-7-13-21-17)22-14-8-16-24-18-10-4-3-5-11-18/h3-7,9-11,13H,2,8,12,14-16H2,1H3,(H2,20,22,23). The molecular weight excluding hydrogens is 300 g/mol. The molecule has 1 heterocycles. The summed E-state index contributed by atoms with van der Waals surface area (Å²) >= 11 is 0. The van der Waals surface area contributed by atoms with Gasteiger partial charge in [-0.2, -0.15) is 0 Å². The van der Waals surface area contributed by atoms with Gasteiger partial charge in [0.1, 0.15) is 5.75 Å². The molecule has 0 fully saturated rings. The molecule has 2 aromatic rings. The van der Waals surface area contributed by atoms with Gasteiger partial charge in [-0.1, -0.05) is 24.3 Å². The summed E-state index contributed by atoms with van der Waals surface area (Å²) in [5.41, 5.74) is 1.08. The quantitative estimate of drug-likeness (QED) is 0.422. The highest BCUT2D eigenvalue weighted by Gasteiger charge is 1.98. The summed E-state index contributed by atoms with van der Waals surface area (Å²) in [5, 5.41) is 6.59. The summed E-state index contributed by atoms with van der Waals surface area (Å²) in [6.07, 6.45) is 3.58. The van der Waals surface area contributed by atoms with Gasteiger partial charge in [-0.3, -0.25) is 9.98 Å². The third kappa shape index (κ3) is 7.13. The Morgan fingerprint density at radius 3 is 2.67 bits per heavy atom. The minimum absolute atomic E-state index is 0.668. The topological polar surface area (TPSA) is 58.5 Å². The minimum atomic E-state index is 0.668. The Labute approximate surface area is 144 Å². The van der Waals surface area contributed by atoms with Crippen molar-refractivity contribution in [1.82, 2.24) is 15.6 Å². The molecule has 0 amide bonds. The zero-order valence-electron chi connectivity index (χ0n) is 14.2. The predicted molar refractivity (Wildman–Crippen MR) is 98.5 cm³/mol. The third-order valence-electron chi connectivity index (χ3n) is 3.33. The lowest BCUT2D eigenvalue weighted by molar-refractivity contribution is 0.313. The fourth-order valence-corrected chi connectivity index (χ4v) is 2.16. The van der Waals surface area contributed by atoms with Gasteiger partial charge in [0.25, 0.3) is 0 Å². The van der Waals surface area contributed by atoms with Gasteiger partial charge in [0.05, 0.1) is 6.61 Å². The third-order valence-corrected chi connectivity index (χ3v) is 3.33. The Kier molecular flexibility index (Phi) is 8.19. The number of pyridine rings is 1. The van der Waals surface area contributed by atoms with Crippen molar-refractivity contribution in [3.05, 3.63) is 60.4 Å². The SMILES string of the molecule is CCNC(=NCCCOc1ccccc1)NCCc1ccccn1. The Morgan fingerprint density at radius 2 is 1.92 bits per heavy atom. The van der Waals surface area contributed by atoms with Crippen LogP contribution < -0.4 is 15.4 Å². The predicted octanol–water partition coefficient (Wildman–Crippen LogP) is 2.65. The lowest BCUT2D eigenvalue weighted by atomic mass is 10.3. The molecule has 0 aliphatic heterocycles. The monoisotopic (exact) mass is 326 g/mol. The van der Waals surface area contributed by atoms with Gasteiger partial charge < -0.3 is 15.4 Å². The highest BCUT2D eigenvalue weighted by Crippen LogP contribution is 2.08. The van der Waals surface area contributed by atoms with Gasteiger partial charge in [-0.15, -0.1) is 0 Å². The molecule has 5 heteroatoms. The number of nitrogens with one attached hydrogen (secondary N) is 2. The van der Waals surface area contributed by atoms with Crippen LogP contribution in [0.25, 0.3) is 0 Å². The number of hydrogen-bond acceptors (Lipinski definition) is 3. The number of hydrogen-bond donors (Lipinski definition) is 2. The van der Waals surface area contributed by atoms with E-state index in [-0.39, 0.29) is 0 Å². The van der Waals surface area contributed by atoms with Crippen molar-refractivity contribution in [2.75, 3.05) is 26.2 Å². The van der Waals surface area contributed by atoms with Crippen molar-refractivity contribution in [2.45, 2.75) is 19.8 Å². The first-order valence-electron chi connectivity index (χ1n) is 8.48. The average molecular weight is 326 g/mol. The van der Waals surface area contributed by atoms with Crippen molar-refractivity contribution in [3.8, 4) is 5.75 Å². The molecule has 24 heavy (non-hydrogen) atoms. The molecule has 2 N–H and O–H groups in total. The van der Waals surface area contributed by atoms with Crippen molar-refractivity contribution < 1.29 is 4.74 Å². The molecule has 0 saturated carbocycles. The van der Waals surface area contributed by atoms with Gasteiger partial charge in [0, 0.05) is 44.4 Å². The van der Waals surface area contributed by atoms with Crippen LogP contribution in [0, 0.1) is 0 Å². The van der Waals surface area contributed by atoms with Crippen molar-refractivity contribution in [2.24, 2.45) is 4.99 Å². The van der Waals surface area contributed by atoms with Crippen molar-refractivity contribution in [3.63, 3.8) is 0 Å². The van der Waals surface area contributed by atoms with Gasteiger partial charge in [-0.05, 0) is 31.2 Å². The largest absolute Gasteiger partial charge is 0.494 e. The average Bonchev–Trinajstić information content (AvgIpc) is 2.63. The maximum atomic E-state index is 5.67. The number of rotatable bonds is 9. The van der Waals surface area contributed by atoms with E-state index >= 15 is 0 Å². The van der Waals surface area contributed by atoms with E-state index in [4.69, 9.17) is 4.74 Å². The van der Waals surface area contributed by atoms with Crippen LogP contribution in [-0.2, 0) is 6.42 Å². The Balaban J connectivity index is 1.66. The van der Waals surface area contributed by atoms with E-state index in [1.54, 1.807) is 0 Å². The summed E-state index contributed by atoms with van der Waals surface area (Å²) in [7, 11) is 0. The minimum Gasteiger partial charge on any atom is -0.494 e. The maximum Gasteiger partial charge on any atom is 0.191 e. The molecule has 0 aliphatic carbocycles. The smallest absolute Gasteiger partial charge is 0.191 e. The first kappa shape index (κ1) is 17.8. The van der Waals surface area contributed by atoms with E-state index in [0.29, 0.717) is 6.61 Å². The molecule has 2 rings (SSSR count). The zero-order valence-corrected chi connectivity index (χ0v) is 14.2. The second kappa shape index (κ2) is 11.0. The van der Waals surface area contributed by atoms with E-state index in [9.17, 15) is 0 Å². The lowest BCUT2D eigenvalue weighted by Gasteiger charge is -2.11. The molecular formula is C19H26N4O. The number of para-hydroxylation sites is 1. The van der Waals surface area contributed by atoms with E-state index in [1.807, 2.05) is 54.7 Å². The first-order valence-corrected chi connectivity index (χ1v) is 8.48. The fraction of sp³-hybridized carbons (Fsp3) is 0.368. The highest BCUT2D eigenvalue weighted by molar-refractivity contribution is 5.79. The maximum absolute atomic E-state index is 5.67. The van der Waals surface area contributed by atoms with Crippen LogP contribution >= 0.6 is 0 Å². The fourth-order valence-electron chi connectivity index (χ4n) is 2.16. The van der Waals surface area contributed by atoms with Gasteiger partial charge in [0.2, 0.25) is 0 Å². The first-order chi connectivity index (χ1) is 11.9. The Bertz CT molecular complexity index is 587. The van der Waals surface area contributed by atoms with Crippen molar-refractivity contribution in [1.29, 1.82) is 0 Å². The normalized spacial score (nSPS) is 11.1. The summed E-state index contributed by atoms with van der Waals surface area (Å²) in [6.45, 7) is 5.11. The molecule has 0 saturated heterocycles. The molecule has 1 aromatic heterocycles. The molecule has 5 nitrogen and oxygen atoms in total. The molecule has 0 aliphatic rings. The van der Waals surface area contributed by atoms with Gasteiger partial charge >= 0.3 is 0 Å². The summed E-state index contributed by atoms with van der Waals surface area (Å²) in [6, 6.07) is 15.8. The van der Waals surface area contributed by atoms with Crippen LogP contribution in [0.1, 0.15) is 19.0 Å². The molecule has 0 bridgehead atoms. The van der Waals surface area contributed by atoms with E-state index in [1.165, 1.54) is 0 Å². The molecule has 1 aromatic carbocycles. The van der Waals surface area contributed by atoms with E-state index in [0.717, 1.165) is 49.9 Å². The summed E-state index contributed by atoms with van der Waals surface area (Å²) in [5.74, 6) is 1.75. The van der Waals surface area contributed by atoms with Crippen LogP contribution in [-0.4, -0.2) is 37.2 Å². The molecule has 0 radical (unpaired) electrons. The summed E-state index contributed by atoms with van der Waals surface area (Å²) < 4.78 is 5.67. The molecule has 0 atom stereocenters. The van der Waals surface area contributed by atoms with Crippen LogP contribution in [0.15, 0.2) is 59.7 Å². The van der Waals surface area contributed by atoms with Crippen LogP contribution in [0.2, 0.25) is 0 Å². The molecule has 0 spiro atoms. The second-order valence-corrected chi connectivity index (χ2v) is 5.27. The highest BCUT2D eigenvalue weighted by atomic mass is 16.5. The van der Waals surface area contributed by atoms with Crippen LogP contribution in [0.4, 0.5) is 0 Å². The van der Waals surface area contributed by atoms with Gasteiger partial charge in [0.15, 0.2) is 5.96 Å². The molecule has 0 unspecified atom stereocenters. The zero-order chi connectivity index (χ0) is 16.9. The van der Waals surface area contributed by atoms with Crippen LogP contribution in [0.5, 0.6) is 5.75 Å². The van der Waals surface area contributed by atoms with Gasteiger partial charge in [-0.25, -0.2) is 0 Å². The Morgan fingerprint density at radius 1 is 1.08 bits per heavy atom. The second-order valence-electron chi connectivity index (χ2n) is 5.27. The van der Waals surface area contributed by atoms with E-state index < -0.39 is 0 Å². The summed E-state index contributed by atoms with van der Waals surface area (Å²) in [4.78, 5) is 8.89. The number of aromatic nitrogens is 1. The number of benzene rings is 1. The number of nitrogens with zero attached hydrogens (tertiary/aromatic N) is 2.